The Hall–Kier alpha value is -1.14. The van der Waals surface area contributed by atoms with E-state index in [4.69, 9.17) is 4.74 Å². The van der Waals surface area contributed by atoms with E-state index in [-0.39, 0.29) is 12.1 Å². The molecular weight excluding hydrogens is 310 g/mol. The molecule has 2 rings (SSSR count). The Kier molecular flexibility index (Phi) is 5.68. The number of nitrogens with zero attached hydrogens (tertiary/aromatic N) is 2. The Balaban J connectivity index is 1.85. The highest BCUT2D eigenvalue weighted by Gasteiger charge is 2.34. The van der Waals surface area contributed by atoms with Crippen LogP contribution in [0.3, 0.4) is 0 Å². The van der Waals surface area contributed by atoms with Crippen molar-refractivity contribution >= 4 is 17.4 Å². The average molecular weight is 340 g/mol. The molecular formula is C17H29N3O2S. The fraction of sp³-hybridized carbons (Fsp3) is 0.765. The van der Waals surface area contributed by atoms with Crippen molar-refractivity contribution < 1.29 is 9.53 Å². The third kappa shape index (κ3) is 5.46. The molecule has 0 aliphatic heterocycles. The summed E-state index contributed by atoms with van der Waals surface area (Å²) in [6.45, 7) is 13.4. The van der Waals surface area contributed by atoms with E-state index in [1.165, 1.54) is 4.88 Å². The van der Waals surface area contributed by atoms with Gasteiger partial charge in [-0.05, 0) is 54.4 Å². The molecule has 1 fully saturated rings. The van der Waals surface area contributed by atoms with Crippen LogP contribution in [0.2, 0.25) is 0 Å². The van der Waals surface area contributed by atoms with Crippen molar-refractivity contribution in [3.05, 3.63) is 15.6 Å². The molecule has 23 heavy (non-hydrogen) atoms. The number of hydrogen-bond donors (Lipinski definition) is 1. The fourth-order valence-electron chi connectivity index (χ4n) is 2.57. The number of carbonyl (C=O) groups excluding carboxylic acids is 1. The van der Waals surface area contributed by atoms with Crippen molar-refractivity contribution in [2.45, 2.75) is 72.1 Å². The number of thiazole rings is 1. The van der Waals surface area contributed by atoms with Gasteiger partial charge < -0.3 is 15.0 Å². The first-order valence-electron chi connectivity index (χ1n) is 8.34. The summed E-state index contributed by atoms with van der Waals surface area (Å²) in [5, 5.41) is 4.58. The summed E-state index contributed by atoms with van der Waals surface area (Å²) in [6, 6.07) is 0.546. The van der Waals surface area contributed by atoms with Crippen LogP contribution in [0.5, 0.6) is 0 Å². The highest BCUT2D eigenvalue weighted by molar-refractivity contribution is 7.11. The summed E-state index contributed by atoms with van der Waals surface area (Å²) in [6.07, 6.45) is 1.97. The predicted octanol–water partition coefficient (Wildman–Crippen LogP) is 3.81. The standard InChI is InChI=1S/C17H29N3O2S/c1-11(15-12(2)23-13(3)19-15)18-9-10-20(14-7-8-14)16(21)22-17(4,5)6/h11,14,18H,7-10H2,1-6H3. The number of aryl methyl sites for hydroxylation is 2. The minimum absolute atomic E-state index is 0.194. The monoisotopic (exact) mass is 339 g/mol. The Bertz CT molecular complexity index is 547. The van der Waals surface area contributed by atoms with Gasteiger partial charge in [-0.1, -0.05) is 0 Å². The molecule has 0 radical (unpaired) electrons. The van der Waals surface area contributed by atoms with Crippen LogP contribution in [0.1, 0.15) is 62.2 Å². The van der Waals surface area contributed by atoms with Gasteiger partial charge in [0.2, 0.25) is 0 Å². The van der Waals surface area contributed by atoms with Gasteiger partial charge in [0.15, 0.2) is 0 Å². The van der Waals surface area contributed by atoms with Gasteiger partial charge in [0.1, 0.15) is 5.60 Å². The van der Waals surface area contributed by atoms with Crippen LogP contribution < -0.4 is 5.32 Å². The zero-order valence-corrected chi connectivity index (χ0v) is 15.9. The van der Waals surface area contributed by atoms with E-state index in [1.807, 2.05) is 32.6 Å². The van der Waals surface area contributed by atoms with Crippen LogP contribution in [-0.2, 0) is 4.74 Å². The van der Waals surface area contributed by atoms with E-state index < -0.39 is 5.60 Å². The van der Waals surface area contributed by atoms with Gasteiger partial charge in [-0.3, -0.25) is 0 Å². The molecule has 1 aromatic heterocycles. The summed E-state index contributed by atoms with van der Waals surface area (Å²) in [7, 11) is 0. The second kappa shape index (κ2) is 7.18. The summed E-state index contributed by atoms with van der Waals surface area (Å²) in [4.78, 5) is 20.0. The van der Waals surface area contributed by atoms with E-state index >= 15 is 0 Å². The molecule has 1 saturated carbocycles. The number of hydrogen-bond acceptors (Lipinski definition) is 5. The Morgan fingerprint density at radius 2 is 2.09 bits per heavy atom. The maximum atomic E-state index is 12.3. The van der Waals surface area contributed by atoms with Crippen molar-refractivity contribution in [1.29, 1.82) is 0 Å². The molecule has 0 bridgehead atoms. The van der Waals surface area contributed by atoms with Crippen molar-refractivity contribution in [2.75, 3.05) is 13.1 Å². The van der Waals surface area contributed by atoms with Gasteiger partial charge in [-0.15, -0.1) is 11.3 Å². The molecule has 1 heterocycles. The van der Waals surface area contributed by atoms with E-state index in [2.05, 4.69) is 24.1 Å². The van der Waals surface area contributed by atoms with Crippen LogP contribution in [-0.4, -0.2) is 40.7 Å². The second-order valence-electron chi connectivity index (χ2n) is 7.26. The number of rotatable bonds is 6. The number of ether oxygens (including phenoxy) is 1. The molecule has 1 N–H and O–H groups in total. The van der Waals surface area contributed by atoms with Crippen molar-refractivity contribution in [3.63, 3.8) is 0 Å². The predicted molar refractivity (Wildman–Crippen MR) is 94.0 cm³/mol. The molecule has 1 amide bonds. The molecule has 1 aliphatic rings. The van der Waals surface area contributed by atoms with Gasteiger partial charge in [0.25, 0.3) is 0 Å². The highest BCUT2D eigenvalue weighted by Crippen LogP contribution is 2.28. The third-order valence-electron chi connectivity index (χ3n) is 3.77. The Labute approximate surface area is 143 Å². The van der Waals surface area contributed by atoms with E-state index in [9.17, 15) is 4.79 Å². The lowest BCUT2D eigenvalue weighted by Gasteiger charge is -2.28. The van der Waals surface area contributed by atoms with E-state index in [0.29, 0.717) is 12.6 Å². The molecule has 6 heteroatoms. The quantitative estimate of drug-likeness (QED) is 0.856. The van der Waals surface area contributed by atoms with Crippen LogP contribution in [0.25, 0.3) is 0 Å². The number of nitrogens with one attached hydrogen (secondary N) is 1. The van der Waals surface area contributed by atoms with Crippen LogP contribution in [0.15, 0.2) is 0 Å². The highest BCUT2D eigenvalue weighted by atomic mass is 32.1. The molecule has 0 spiro atoms. The molecule has 1 atom stereocenters. The lowest BCUT2D eigenvalue weighted by atomic mass is 10.2. The normalized spacial score (nSPS) is 16.3. The van der Waals surface area contributed by atoms with Crippen molar-refractivity contribution in [2.24, 2.45) is 0 Å². The maximum Gasteiger partial charge on any atom is 0.410 e. The van der Waals surface area contributed by atoms with Crippen molar-refractivity contribution in [1.82, 2.24) is 15.2 Å². The van der Waals surface area contributed by atoms with Gasteiger partial charge >= 0.3 is 6.09 Å². The summed E-state index contributed by atoms with van der Waals surface area (Å²) in [5.41, 5.74) is 0.669. The summed E-state index contributed by atoms with van der Waals surface area (Å²) >= 11 is 1.73. The second-order valence-corrected chi connectivity index (χ2v) is 8.66. The zero-order chi connectivity index (χ0) is 17.2. The Morgan fingerprint density at radius 1 is 1.43 bits per heavy atom. The average Bonchev–Trinajstić information content (AvgIpc) is 3.17. The molecule has 1 unspecified atom stereocenters. The van der Waals surface area contributed by atoms with Gasteiger partial charge in [0.05, 0.1) is 10.7 Å². The summed E-state index contributed by atoms with van der Waals surface area (Å²) in [5.74, 6) is 0. The molecule has 130 valence electrons. The molecule has 5 nitrogen and oxygen atoms in total. The number of aromatic nitrogens is 1. The Morgan fingerprint density at radius 3 is 2.57 bits per heavy atom. The minimum Gasteiger partial charge on any atom is -0.444 e. The lowest BCUT2D eigenvalue weighted by molar-refractivity contribution is 0.0235. The zero-order valence-electron chi connectivity index (χ0n) is 15.1. The van der Waals surface area contributed by atoms with Gasteiger partial charge in [-0.2, -0.15) is 0 Å². The van der Waals surface area contributed by atoms with Crippen LogP contribution in [0.4, 0.5) is 4.79 Å². The van der Waals surface area contributed by atoms with Crippen LogP contribution >= 0.6 is 11.3 Å². The van der Waals surface area contributed by atoms with Gasteiger partial charge in [-0.25, -0.2) is 9.78 Å². The molecule has 0 aromatic carbocycles. The number of carbonyl (C=O) groups is 1. The summed E-state index contributed by atoms with van der Waals surface area (Å²) < 4.78 is 5.51. The maximum absolute atomic E-state index is 12.3. The largest absolute Gasteiger partial charge is 0.444 e. The molecule has 1 aromatic rings. The van der Waals surface area contributed by atoms with E-state index in [1.54, 1.807) is 11.3 Å². The first-order chi connectivity index (χ1) is 10.7. The number of amides is 1. The topological polar surface area (TPSA) is 54.5 Å². The van der Waals surface area contributed by atoms with Crippen molar-refractivity contribution in [3.8, 4) is 0 Å². The van der Waals surface area contributed by atoms with E-state index in [0.717, 1.165) is 30.1 Å². The fourth-order valence-corrected chi connectivity index (χ4v) is 3.49. The third-order valence-corrected chi connectivity index (χ3v) is 4.67. The smallest absolute Gasteiger partial charge is 0.410 e. The SMILES string of the molecule is Cc1nc(C(C)NCCN(C(=O)OC(C)(C)C)C2CC2)c(C)s1. The first kappa shape index (κ1) is 18.2. The van der Waals surface area contributed by atoms with Crippen LogP contribution in [0, 0.1) is 13.8 Å². The molecule has 0 saturated heterocycles. The van der Waals surface area contributed by atoms with Gasteiger partial charge in [0, 0.05) is 30.1 Å². The minimum atomic E-state index is -0.444. The lowest BCUT2D eigenvalue weighted by Crippen LogP contribution is -2.42. The molecule has 1 aliphatic carbocycles. The first-order valence-corrected chi connectivity index (χ1v) is 9.16.